The number of aliphatic hydroxyl groups excluding tert-OH is 1. The standard InChI is InChI=1S/C10H15BrN2O/c1-7(6-14)13(3)10-5-4-9(11)8(2)12-10/h4-5,7,14H,6H2,1-3H3. The second-order valence-electron chi connectivity index (χ2n) is 3.38. The van der Waals surface area contributed by atoms with Crippen LogP contribution in [0, 0.1) is 6.92 Å². The number of rotatable bonds is 3. The van der Waals surface area contributed by atoms with Crippen LogP contribution >= 0.6 is 15.9 Å². The fourth-order valence-electron chi connectivity index (χ4n) is 1.08. The molecule has 0 spiro atoms. The van der Waals surface area contributed by atoms with E-state index in [0.29, 0.717) is 0 Å². The Kier molecular flexibility index (Phi) is 3.89. The average molecular weight is 259 g/mol. The summed E-state index contributed by atoms with van der Waals surface area (Å²) in [7, 11) is 1.93. The van der Waals surface area contributed by atoms with E-state index in [1.807, 2.05) is 37.9 Å². The maximum absolute atomic E-state index is 9.01. The van der Waals surface area contributed by atoms with Gasteiger partial charge in [-0.15, -0.1) is 0 Å². The Bertz CT molecular complexity index is 317. The molecule has 1 aromatic heterocycles. The summed E-state index contributed by atoms with van der Waals surface area (Å²) in [6, 6.07) is 3.99. The summed E-state index contributed by atoms with van der Waals surface area (Å²) in [6.07, 6.45) is 0. The number of anilines is 1. The smallest absolute Gasteiger partial charge is 0.128 e. The van der Waals surface area contributed by atoms with Gasteiger partial charge in [-0.1, -0.05) is 0 Å². The van der Waals surface area contributed by atoms with Gasteiger partial charge < -0.3 is 10.0 Å². The van der Waals surface area contributed by atoms with Gasteiger partial charge in [-0.05, 0) is 41.9 Å². The molecule has 3 nitrogen and oxygen atoms in total. The van der Waals surface area contributed by atoms with Gasteiger partial charge in [0.2, 0.25) is 0 Å². The third kappa shape index (κ3) is 2.45. The number of halogens is 1. The first-order valence-electron chi connectivity index (χ1n) is 4.53. The number of aryl methyl sites for hydroxylation is 1. The van der Waals surface area contributed by atoms with E-state index in [0.717, 1.165) is 16.0 Å². The lowest BCUT2D eigenvalue weighted by atomic mass is 10.3. The minimum Gasteiger partial charge on any atom is -0.394 e. The number of pyridine rings is 1. The Morgan fingerprint density at radius 1 is 1.57 bits per heavy atom. The molecule has 1 aromatic rings. The molecule has 0 aliphatic heterocycles. The number of hydrogen-bond donors (Lipinski definition) is 1. The Balaban J connectivity index is 2.91. The second-order valence-corrected chi connectivity index (χ2v) is 4.23. The molecule has 0 saturated carbocycles. The number of hydrogen-bond acceptors (Lipinski definition) is 3. The summed E-state index contributed by atoms with van der Waals surface area (Å²) < 4.78 is 1.01. The minimum absolute atomic E-state index is 0.0862. The highest BCUT2D eigenvalue weighted by atomic mass is 79.9. The topological polar surface area (TPSA) is 36.4 Å². The molecule has 1 unspecified atom stereocenters. The van der Waals surface area contributed by atoms with Crippen molar-refractivity contribution in [1.82, 2.24) is 4.98 Å². The summed E-state index contributed by atoms with van der Waals surface area (Å²) in [4.78, 5) is 6.37. The fourth-order valence-corrected chi connectivity index (χ4v) is 1.30. The molecule has 0 bridgehead atoms. The predicted molar refractivity (Wildman–Crippen MR) is 61.6 cm³/mol. The minimum atomic E-state index is 0.0862. The van der Waals surface area contributed by atoms with Gasteiger partial charge in [0, 0.05) is 11.5 Å². The van der Waals surface area contributed by atoms with E-state index in [1.54, 1.807) is 0 Å². The summed E-state index contributed by atoms with van der Waals surface area (Å²) in [5, 5.41) is 9.01. The van der Waals surface area contributed by atoms with Crippen molar-refractivity contribution in [2.45, 2.75) is 19.9 Å². The monoisotopic (exact) mass is 258 g/mol. The average Bonchev–Trinajstić information content (AvgIpc) is 2.20. The van der Waals surface area contributed by atoms with Crippen molar-refractivity contribution in [1.29, 1.82) is 0 Å². The van der Waals surface area contributed by atoms with Crippen molar-refractivity contribution in [3.63, 3.8) is 0 Å². The van der Waals surface area contributed by atoms with Gasteiger partial charge in [0.1, 0.15) is 5.82 Å². The highest BCUT2D eigenvalue weighted by molar-refractivity contribution is 9.10. The van der Waals surface area contributed by atoms with E-state index in [1.165, 1.54) is 0 Å². The first kappa shape index (κ1) is 11.5. The quantitative estimate of drug-likeness (QED) is 0.901. The zero-order valence-electron chi connectivity index (χ0n) is 8.66. The highest BCUT2D eigenvalue weighted by Crippen LogP contribution is 2.19. The Hall–Kier alpha value is -0.610. The molecular weight excluding hydrogens is 244 g/mol. The van der Waals surface area contributed by atoms with Gasteiger partial charge in [-0.25, -0.2) is 4.98 Å². The van der Waals surface area contributed by atoms with Gasteiger partial charge in [-0.3, -0.25) is 0 Å². The maximum atomic E-state index is 9.01. The number of likely N-dealkylation sites (N-methyl/N-ethyl adjacent to an activating group) is 1. The summed E-state index contributed by atoms with van der Waals surface area (Å²) >= 11 is 3.40. The molecule has 1 atom stereocenters. The predicted octanol–water partition coefficient (Wildman–Crippen LogP) is 1.97. The Morgan fingerprint density at radius 2 is 2.21 bits per heavy atom. The van der Waals surface area contributed by atoms with Crippen molar-refractivity contribution < 1.29 is 5.11 Å². The van der Waals surface area contributed by atoms with Gasteiger partial charge >= 0.3 is 0 Å². The van der Waals surface area contributed by atoms with E-state index in [4.69, 9.17) is 5.11 Å². The molecule has 1 rings (SSSR count). The summed E-state index contributed by atoms with van der Waals surface area (Å²) in [6.45, 7) is 4.04. The lowest BCUT2D eigenvalue weighted by Crippen LogP contribution is -2.32. The van der Waals surface area contributed by atoms with Crippen LogP contribution < -0.4 is 4.90 Å². The molecule has 0 radical (unpaired) electrons. The van der Waals surface area contributed by atoms with E-state index in [2.05, 4.69) is 20.9 Å². The van der Waals surface area contributed by atoms with Crippen molar-refractivity contribution in [2.75, 3.05) is 18.6 Å². The second kappa shape index (κ2) is 4.75. The molecular formula is C10H15BrN2O. The van der Waals surface area contributed by atoms with Crippen LogP contribution in [0.1, 0.15) is 12.6 Å². The van der Waals surface area contributed by atoms with Gasteiger partial charge in [0.15, 0.2) is 0 Å². The molecule has 0 amide bonds. The molecule has 4 heteroatoms. The Labute approximate surface area is 92.9 Å². The largest absolute Gasteiger partial charge is 0.394 e. The lowest BCUT2D eigenvalue weighted by Gasteiger charge is -2.24. The summed E-state index contributed by atoms with van der Waals surface area (Å²) in [5.41, 5.74) is 0.958. The van der Waals surface area contributed by atoms with Crippen LogP contribution in [0.4, 0.5) is 5.82 Å². The van der Waals surface area contributed by atoms with Crippen LogP contribution in [-0.2, 0) is 0 Å². The van der Waals surface area contributed by atoms with Crippen molar-refractivity contribution in [3.05, 3.63) is 22.3 Å². The van der Waals surface area contributed by atoms with E-state index >= 15 is 0 Å². The van der Waals surface area contributed by atoms with Crippen LogP contribution in [0.3, 0.4) is 0 Å². The molecule has 0 aliphatic carbocycles. The third-order valence-corrected chi connectivity index (χ3v) is 3.13. The van der Waals surface area contributed by atoms with Crippen LogP contribution in [0.2, 0.25) is 0 Å². The number of aliphatic hydroxyl groups is 1. The molecule has 14 heavy (non-hydrogen) atoms. The number of aromatic nitrogens is 1. The van der Waals surface area contributed by atoms with Crippen molar-refractivity contribution >= 4 is 21.7 Å². The molecule has 0 aromatic carbocycles. The molecule has 0 saturated heterocycles. The molecule has 0 aliphatic rings. The molecule has 0 fully saturated rings. The van der Waals surface area contributed by atoms with Gasteiger partial charge in [0.05, 0.1) is 18.3 Å². The summed E-state index contributed by atoms with van der Waals surface area (Å²) in [5.74, 6) is 0.882. The molecule has 1 heterocycles. The molecule has 1 N–H and O–H groups in total. The van der Waals surface area contributed by atoms with Crippen LogP contribution in [0.25, 0.3) is 0 Å². The maximum Gasteiger partial charge on any atom is 0.128 e. The van der Waals surface area contributed by atoms with Gasteiger partial charge in [-0.2, -0.15) is 0 Å². The third-order valence-electron chi connectivity index (χ3n) is 2.29. The van der Waals surface area contributed by atoms with Crippen LogP contribution in [0.5, 0.6) is 0 Å². The zero-order chi connectivity index (χ0) is 10.7. The Morgan fingerprint density at radius 3 is 2.71 bits per heavy atom. The first-order chi connectivity index (χ1) is 6.56. The fraction of sp³-hybridized carbons (Fsp3) is 0.500. The lowest BCUT2D eigenvalue weighted by molar-refractivity contribution is 0.270. The number of nitrogens with zero attached hydrogens (tertiary/aromatic N) is 2. The first-order valence-corrected chi connectivity index (χ1v) is 5.32. The SMILES string of the molecule is Cc1nc(N(C)C(C)CO)ccc1Br. The molecule has 78 valence electrons. The zero-order valence-corrected chi connectivity index (χ0v) is 10.2. The highest BCUT2D eigenvalue weighted by Gasteiger charge is 2.10. The van der Waals surface area contributed by atoms with Crippen molar-refractivity contribution in [3.8, 4) is 0 Å². The van der Waals surface area contributed by atoms with Crippen LogP contribution in [-0.4, -0.2) is 29.8 Å². The van der Waals surface area contributed by atoms with Gasteiger partial charge in [0.25, 0.3) is 0 Å². The van der Waals surface area contributed by atoms with E-state index in [9.17, 15) is 0 Å². The normalized spacial score (nSPS) is 12.6. The van der Waals surface area contributed by atoms with Crippen molar-refractivity contribution in [2.24, 2.45) is 0 Å². The van der Waals surface area contributed by atoms with E-state index in [-0.39, 0.29) is 12.6 Å². The van der Waals surface area contributed by atoms with Crippen LogP contribution in [0.15, 0.2) is 16.6 Å². The van der Waals surface area contributed by atoms with E-state index < -0.39 is 0 Å².